The Balaban J connectivity index is 3.64. The Kier molecular flexibility index (Phi) is 7.29. The van der Waals surface area contributed by atoms with Gasteiger partial charge in [0.25, 0.3) is 0 Å². The number of carbonyl (C=O) groups is 1. The number of rotatable bonds is 7. The van der Waals surface area contributed by atoms with Crippen LogP contribution in [0.5, 0.6) is 0 Å². The van der Waals surface area contributed by atoms with Gasteiger partial charge in [0.2, 0.25) is 5.91 Å². The third-order valence-electron chi connectivity index (χ3n) is 2.32. The Morgan fingerprint density at radius 2 is 1.93 bits per heavy atom. The lowest BCUT2D eigenvalue weighted by Gasteiger charge is -2.21. The molecule has 0 heterocycles. The van der Waals surface area contributed by atoms with Crippen LogP contribution in [0.3, 0.4) is 0 Å². The Morgan fingerprint density at radius 1 is 1.33 bits per heavy atom. The molecule has 0 aromatic rings. The van der Waals surface area contributed by atoms with Crippen molar-refractivity contribution in [3.8, 4) is 0 Å². The molecule has 3 N–H and O–H groups in total. The molecule has 0 bridgehead atoms. The second-order valence-corrected chi connectivity index (χ2v) is 4.33. The van der Waals surface area contributed by atoms with Crippen molar-refractivity contribution in [1.82, 2.24) is 15.2 Å². The number of carbonyl (C=O) groups excluding carboxylic acids is 1. The van der Waals surface area contributed by atoms with Gasteiger partial charge in [0.05, 0.1) is 0 Å². The average molecular weight is 216 g/mol. The Bertz CT molecular complexity index is 184. The van der Waals surface area contributed by atoms with E-state index in [4.69, 9.17) is 5.84 Å². The summed E-state index contributed by atoms with van der Waals surface area (Å²) < 4.78 is 0. The fourth-order valence-corrected chi connectivity index (χ4v) is 1.44. The zero-order chi connectivity index (χ0) is 11.8. The lowest BCUT2D eigenvalue weighted by Crippen LogP contribution is -2.40. The second-order valence-electron chi connectivity index (χ2n) is 4.33. The first kappa shape index (κ1) is 14.3. The minimum absolute atomic E-state index is 0.0562. The number of nitrogens with one attached hydrogen (secondary N) is 1. The zero-order valence-corrected chi connectivity index (χ0v) is 10.3. The predicted molar refractivity (Wildman–Crippen MR) is 62.2 cm³/mol. The van der Waals surface area contributed by atoms with Crippen molar-refractivity contribution in [2.24, 2.45) is 11.8 Å². The highest BCUT2D eigenvalue weighted by molar-refractivity contribution is 5.77. The smallest absolute Gasteiger partial charge is 0.237 e. The van der Waals surface area contributed by atoms with Crippen molar-refractivity contribution in [3.63, 3.8) is 0 Å². The Labute approximate surface area is 92.6 Å². The van der Waals surface area contributed by atoms with E-state index < -0.39 is 0 Å². The van der Waals surface area contributed by atoms with Crippen molar-refractivity contribution in [3.05, 3.63) is 0 Å². The monoisotopic (exact) mass is 216 g/mol. The largest absolute Gasteiger partial charge is 0.309 e. The molecule has 1 amide bonds. The molecule has 1 unspecified atom stereocenters. The molecule has 0 fully saturated rings. The molecule has 0 radical (unpaired) electrons. The van der Waals surface area contributed by atoms with Crippen LogP contribution < -0.4 is 11.3 Å². The lowest BCUT2D eigenvalue weighted by molar-refractivity contribution is -0.125. The first-order chi connectivity index (χ1) is 6.97. The van der Waals surface area contributed by atoms with Crippen LogP contribution in [0.25, 0.3) is 0 Å². The van der Waals surface area contributed by atoms with Gasteiger partial charge >= 0.3 is 0 Å². The Hall–Kier alpha value is -0.650. The number of hydrogen-bond donors (Lipinski definition) is 2. The van der Waals surface area contributed by atoms with Gasteiger partial charge < -0.3 is 9.80 Å². The van der Waals surface area contributed by atoms with Gasteiger partial charge in [-0.1, -0.05) is 6.92 Å². The van der Waals surface area contributed by atoms with E-state index in [1.807, 2.05) is 14.0 Å². The van der Waals surface area contributed by atoms with Crippen molar-refractivity contribution in [2.75, 3.05) is 40.8 Å². The van der Waals surface area contributed by atoms with E-state index >= 15 is 0 Å². The van der Waals surface area contributed by atoms with Gasteiger partial charge in [-0.25, -0.2) is 5.84 Å². The quantitative estimate of drug-likeness (QED) is 0.342. The first-order valence-corrected chi connectivity index (χ1v) is 5.31. The predicted octanol–water partition coefficient (Wildman–Crippen LogP) is -0.504. The number of hydrazine groups is 1. The summed E-state index contributed by atoms with van der Waals surface area (Å²) in [4.78, 5) is 15.5. The first-order valence-electron chi connectivity index (χ1n) is 5.31. The summed E-state index contributed by atoms with van der Waals surface area (Å²) in [6.45, 7) is 4.70. The van der Waals surface area contributed by atoms with Crippen LogP contribution in [0, 0.1) is 5.92 Å². The molecule has 0 saturated heterocycles. The topological polar surface area (TPSA) is 61.6 Å². The van der Waals surface area contributed by atoms with Gasteiger partial charge in [-0.15, -0.1) is 0 Å². The highest BCUT2D eigenvalue weighted by atomic mass is 16.2. The molecule has 0 aromatic heterocycles. The zero-order valence-electron chi connectivity index (χ0n) is 10.3. The summed E-state index contributed by atoms with van der Waals surface area (Å²) in [5.74, 6) is 4.91. The molecule has 5 nitrogen and oxygen atoms in total. The molecular weight excluding hydrogens is 192 g/mol. The van der Waals surface area contributed by atoms with Crippen LogP contribution in [0.2, 0.25) is 0 Å². The number of amides is 1. The van der Waals surface area contributed by atoms with E-state index in [0.717, 1.165) is 26.1 Å². The average Bonchev–Trinajstić information content (AvgIpc) is 2.15. The molecular formula is C10H24N4O. The van der Waals surface area contributed by atoms with Gasteiger partial charge in [0, 0.05) is 12.5 Å². The van der Waals surface area contributed by atoms with Crippen LogP contribution in [0.15, 0.2) is 0 Å². The van der Waals surface area contributed by atoms with E-state index in [2.05, 4.69) is 29.3 Å². The van der Waals surface area contributed by atoms with Crippen LogP contribution in [-0.4, -0.2) is 56.5 Å². The molecule has 15 heavy (non-hydrogen) atoms. The number of nitrogens with two attached hydrogens (primary N) is 1. The van der Waals surface area contributed by atoms with Crippen molar-refractivity contribution < 1.29 is 4.79 Å². The van der Waals surface area contributed by atoms with E-state index in [0.29, 0.717) is 0 Å². The number of hydrogen-bond acceptors (Lipinski definition) is 4. The standard InChI is InChI=1S/C10H24N4O/c1-9(10(15)12-11)8-14(4)7-5-6-13(2)3/h9H,5-8,11H2,1-4H3,(H,12,15). The van der Waals surface area contributed by atoms with E-state index in [1.165, 1.54) is 0 Å². The molecule has 1 atom stereocenters. The van der Waals surface area contributed by atoms with Gasteiger partial charge in [0.1, 0.15) is 0 Å². The Morgan fingerprint density at radius 3 is 2.40 bits per heavy atom. The SMILES string of the molecule is CC(CN(C)CCCN(C)C)C(=O)NN. The second kappa shape index (κ2) is 7.62. The maximum absolute atomic E-state index is 11.2. The summed E-state index contributed by atoms with van der Waals surface area (Å²) in [7, 11) is 6.14. The minimum atomic E-state index is -0.102. The fraction of sp³-hybridized carbons (Fsp3) is 0.900. The summed E-state index contributed by atoms with van der Waals surface area (Å²) in [5.41, 5.74) is 2.17. The van der Waals surface area contributed by atoms with Crippen LogP contribution >= 0.6 is 0 Å². The van der Waals surface area contributed by atoms with Crippen LogP contribution in [-0.2, 0) is 4.79 Å². The summed E-state index contributed by atoms with van der Waals surface area (Å²) in [6.07, 6.45) is 1.11. The van der Waals surface area contributed by atoms with Gasteiger partial charge in [0.15, 0.2) is 0 Å². The maximum Gasteiger partial charge on any atom is 0.237 e. The number of nitrogens with zero attached hydrogens (tertiary/aromatic N) is 2. The van der Waals surface area contributed by atoms with E-state index in [1.54, 1.807) is 0 Å². The molecule has 5 heteroatoms. The van der Waals surface area contributed by atoms with Crippen LogP contribution in [0.1, 0.15) is 13.3 Å². The highest BCUT2D eigenvalue weighted by Crippen LogP contribution is 1.98. The fourth-order valence-electron chi connectivity index (χ4n) is 1.44. The molecule has 0 aliphatic rings. The molecule has 90 valence electrons. The third kappa shape index (κ3) is 7.30. The minimum Gasteiger partial charge on any atom is -0.309 e. The van der Waals surface area contributed by atoms with E-state index in [-0.39, 0.29) is 11.8 Å². The van der Waals surface area contributed by atoms with Crippen LogP contribution in [0.4, 0.5) is 0 Å². The maximum atomic E-state index is 11.2. The molecule has 0 aromatic carbocycles. The summed E-state index contributed by atoms with van der Waals surface area (Å²) >= 11 is 0. The van der Waals surface area contributed by atoms with Crippen molar-refractivity contribution in [1.29, 1.82) is 0 Å². The van der Waals surface area contributed by atoms with Gasteiger partial charge in [-0.2, -0.15) is 0 Å². The molecule has 0 spiro atoms. The van der Waals surface area contributed by atoms with Gasteiger partial charge in [-0.3, -0.25) is 10.2 Å². The molecule has 0 rings (SSSR count). The summed E-state index contributed by atoms with van der Waals surface area (Å²) in [5, 5.41) is 0. The van der Waals surface area contributed by atoms with Crippen molar-refractivity contribution in [2.45, 2.75) is 13.3 Å². The third-order valence-corrected chi connectivity index (χ3v) is 2.32. The molecule has 0 aliphatic carbocycles. The van der Waals surface area contributed by atoms with Gasteiger partial charge in [-0.05, 0) is 40.7 Å². The highest BCUT2D eigenvalue weighted by Gasteiger charge is 2.13. The van der Waals surface area contributed by atoms with E-state index in [9.17, 15) is 4.79 Å². The van der Waals surface area contributed by atoms with Crippen molar-refractivity contribution >= 4 is 5.91 Å². The summed E-state index contributed by atoms with van der Waals surface area (Å²) in [6, 6.07) is 0. The molecule has 0 aliphatic heterocycles. The lowest BCUT2D eigenvalue weighted by atomic mass is 10.1. The molecule has 0 saturated carbocycles. The normalized spacial score (nSPS) is 13.3.